The van der Waals surface area contributed by atoms with E-state index in [0.717, 1.165) is 12.0 Å². The maximum absolute atomic E-state index is 12.6. The van der Waals surface area contributed by atoms with Crippen molar-refractivity contribution in [3.8, 4) is 11.5 Å². The third-order valence-corrected chi connectivity index (χ3v) is 5.99. The van der Waals surface area contributed by atoms with Gasteiger partial charge in [0.25, 0.3) is 5.91 Å². The lowest BCUT2D eigenvalue weighted by Gasteiger charge is -2.18. The van der Waals surface area contributed by atoms with E-state index in [2.05, 4.69) is 10.5 Å². The largest absolute Gasteiger partial charge is 0.493 e. The molecule has 0 saturated carbocycles. The van der Waals surface area contributed by atoms with Crippen LogP contribution in [0.2, 0.25) is 0 Å². The third-order valence-electron chi connectivity index (χ3n) is 5.99. The molecular weight excluding hydrogens is 444 g/mol. The molecule has 0 aliphatic carbocycles. The topological polar surface area (TPSA) is 146 Å². The molecule has 11 nitrogen and oxygen atoms in total. The van der Waals surface area contributed by atoms with E-state index in [0.29, 0.717) is 43.4 Å². The minimum absolute atomic E-state index is 0.0378. The second-order valence-corrected chi connectivity index (χ2v) is 8.29. The SMILES string of the molecule is CCc1noc(NC(=O)CN2C[C@H](c3ccc(OC)c(O[C@@H]4CCOC4)c3)CC2=O)c1C(N)=O. The smallest absolute Gasteiger partial charge is 0.256 e. The number of rotatable bonds is 9. The van der Waals surface area contributed by atoms with Gasteiger partial charge in [0.15, 0.2) is 11.5 Å². The zero-order chi connectivity index (χ0) is 24.2. The lowest BCUT2D eigenvalue weighted by molar-refractivity contribution is -0.131. The fourth-order valence-electron chi connectivity index (χ4n) is 4.22. The van der Waals surface area contributed by atoms with Gasteiger partial charge in [-0.15, -0.1) is 0 Å². The molecule has 2 aromatic rings. The number of nitrogens with two attached hydrogens (primary N) is 1. The number of aryl methyl sites for hydroxylation is 1. The van der Waals surface area contributed by atoms with E-state index in [1.165, 1.54) is 4.90 Å². The van der Waals surface area contributed by atoms with Crippen LogP contribution in [0.3, 0.4) is 0 Å². The molecule has 2 saturated heterocycles. The van der Waals surface area contributed by atoms with Crippen LogP contribution < -0.4 is 20.5 Å². The van der Waals surface area contributed by atoms with Crippen molar-refractivity contribution in [1.82, 2.24) is 10.1 Å². The lowest BCUT2D eigenvalue weighted by atomic mass is 9.98. The van der Waals surface area contributed by atoms with E-state index >= 15 is 0 Å². The summed E-state index contributed by atoms with van der Waals surface area (Å²) in [4.78, 5) is 38.4. The van der Waals surface area contributed by atoms with Crippen molar-refractivity contribution in [3.63, 3.8) is 0 Å². The minimum atomic E-state index is -0.743. The van der Waals surface area contributed by atoms with E-state index in [4.69, 9.17) is 24.5 Å². The molecule has 2 aliphatic rings. The standard InChI is InChI=1S/C23H28N4O7/c1-3-16-21(22(24)30)23(34-26-16)25-19(28)11-27-10-14(9-20(27)29)13-4-5-17(31-2)18(8-13)33-15-6-7-32-12-15/h4-5,8,14-15H,3,6-7,9-12H2,1-2H3,(H2,24,30)(H,25,28)/t14-,15-/m1/s1. The van der Waals surface area contributed by atoms with Crippen LogP contribution in [0.4, 0.5) is 5.88 Å². The maximum Gasteiger partial charge on any atom is 0.256 e. The number of carbonyl (C=O) groups is 3. The first kappa shape index (κ1) is 23.6. The summed E-state index contributed by atoms with van der Waals surface area (Å²) in [5.74, 6) is -0.390. The van der Waals surface area contributed by atoms with Gasteiger partial charge in [0, 0.05) is 25.3 Å². The highest BCUT2D eigenvalue weighted by atomic mass is 16.6. The van der Waals surface area contributed by atoms with Crippen LogP contribution in [-0.2, 0) is 20.7 Å². The highest BCUT2D eigenvalue weighted by Gasteiger charge is 2.33. The molecular formula is C23H28N4O7. The number of anilines is 1. The molecule has 3 heterocycles. The molecule has 0 unspecified atom stereocenters. The average molecular weight is 472 g/mol. The number of benzene rings is 1. The molecule has 2 aliphatic heterocycles. The Balaban J connectivity index is 1.42. The van der Waals surface area contributed by atoms with Crippen molar-refractivity contribution < 1.29 is 33.1 Å². The quantitative estimate of drug-likeness (QED) is 0.558. The molecule has 0 spiro atoms. The summed E-state index contributed by atoms with van der Waals surface area (Å²) < 4.78 is 21.9. The van der Waals surface area contributed by atoms with Crippen molar-refractivity contribution in [2.75, 3.05) is 38.7 Å². The number of nitrogens with zero attached hydrogens (tertiary/aromatic N) is 2. The van der Waals surface area contributed by atoms with Crippen molar-refractivity contribution in [1.29, 1.82) is 0 Å². The van der Waals surface area contributed by atoms with Gasteiger partial charge in [-0.3, -0.25) is 19.7 Å². The highest BCUT2D eigenvalue weighted by Crippen LogP contribution is 2.36. The van der Waals surface area contributed by atoms with E-state index in [-0.39, 0.29) is 42.3 Å². The van der Waals surface area contributed by atoms with Crippen LogP contribution in [0.1, 0.15) is 47.3 Å². The van der Waals surface area contributed by atoms with Gasteiger partial charge in [-0.1, -0.05) is 18.1 Å². The fraction of sp³-hybridized carbons (Fsp3) is 0.478. The molecule has 1 aromatic carbocycles. The monoisotopic (exact) mass is 472 g/mol. The molecule has 0 radical (unpaired) electrons. The van der Waals surface area contributed by atoms with Crippen LogP contribution in [0, 0.1) is 0 Å². The molecule has 3 N–H and O–H groups in total. The first-order valence-electron chi connectivity index (χ1n) is 11.2. The number of carbonyl (C=O) groups excluding carboxylic acids is 3. The summed E-state index contributed by atoms with van der Waals surface area (Å²) in [6.07, 6.45) is 1.45. The van der Waals surface area contributed by atoms with Crippen LogP contribution in [0.25, 0.3) is 0 Å². The van der Waals surface area contributed by atoms with Crippen molar-refractivity contribution in [2.45, 2.75) is 38.2 Å². The van der Waals surface area contributed by atoms with Crippen LogP contribution in [0.15, 0.2) is 22.7 Å². The molecule has 182 valence electrons. The Labute approximate surface area is 196 Å². The van der Waals surface area contributed by atoms with Crippen molar-refractivity contribution in [3.05, 3.63) is 35.0 Å². The second-order valence-electron chi connectivity index (χ2n) is 8.29. The summed E-state index contributed by atoms with van der Waals surface area (Å²) >= 11 is 0. The zero-order valence-electron chi connectivity index (χ0n) is 19.2. The number of likely N-dealkylation sites (tertiary alicyclic amines) is 1. The average Bonchev–Trinajstić information content (AvgIpc) is 3.54. The predicted molar refractivity (Wildman–Crippen MR) is 120 cm³/mol. The molecule has 1 aromatic heterocycles. The number of amides is 3. The Morgan fingerprint density at radius 2 is 2.15 bits per heavy atom. The Bertz CT molecular complexity index is 1080. The number of hydrogen-bond acceptors (Lipinski definition) is 8. The van der Waals surface area contributed by atoms with Gasteiger partial charge in [0.2, 0.25) is 17.7 Å². The zero-order valence-corrected chi connectivity index (χ0v) is 19.2. The number of primary amides is 1. The van der Waals surface area contributed by atoms with Gasteiger partial charge in [0.05, 0.1) is 32.6 Å². The van der Waals surface area contributed by atoms with Crippen LogP contribution in [-0.4, -0.2) is 67.3 Å². The van der Waals surface area contributed by atoms with Crippen molar-refractivity contribution in [2.24, 2.45) is 5.73 Å². The van der Waals surface area contributed by atoms with E-state index in [1.807, 2.05) is 18.2 Å². The molecule has 34 heavy (non-hydrogen) atoms. The van der Waals surface area contributed by atoms with Crippen LogP contribution in [0.5, 0.6) is 11.5 Å². The second kappa shape index (κ2) is 10.1. The number of ether oxygens (including phenoxy) is 3. The molecule has 0 bridgehead atoms. The maximum atomic E-state index is 12.6. The molecule has 2 atom stereocenters. The number of aromatic nitrogens is 1. The number of nitrogens with one attached hydrogen (secondary N) is 1. The Morgan fingerprint density at radius 1 is 1.32 bits per heavy atom. The molecule has 2 fully saturated rings. The van der Waals surface area contributed by atoms with Gasteiger partial charge in [-0.2, -0.15) is 0 Å². The van der Waals surface area contributed by atoms with Gasteiger partial charge in [0.1, 0.15) is 11.7 Å². The van der Waals surface area contributed by atoms with Gasteiger partial charge in [-0.05, 0) is 24.1 Å². The van der Waals surface area contributed by atoms with E-state index < -0.39 is 11.8 Å². The normalized spacial score (nSPS) is 19.9. The predicted octanol–water partition coefficient (Wildman–Crippen LogP) is 1.47. The van der Waals surface area contributed by atoms with Crippen LogP contribution >= 0.6 is 0 Å². The van der Waals surface area contributed by atoms with Gasteiger partial charge >= 0.3 is 0 Å². The lowest BCUT2D eigenvalue weighted by Crippen LogP contribution is -2.34. The Kier molecular flexibility index (Phi) is 7.01. The summed E-state index contributed by atoms with van der Waals surface area (Å²) in [7, 11) is 1.58. The highest BCUT2D eigenvalue weighted by molar-refractivity contribution is 6.03. The molecule has 3 amide bonds. The molecule has 11 heteroatoms. The first-order chi connectivity index (χ1) is 16.4. The number of methoxy groups -OCH3 is 1. The van der Waals surface area contributed by atoms with E-state index in [1.54, 1.807) is 14.0 Å². The van der Waals surface area contributed by atoms with Crippen molar-refractivity contribution >= 4 is 23.6 Å². The Morgan fingerprint density at radius 3 is 2.82 bits per heavy atom. The first-order valence-corrected chi connectivity index (χ1v) is 11.2. The van der Waals surface area contributed by atoms with Gasteiger partial charge in [-0.25, -0.2) is 0 Å². The fourth-order valence-corrected chi connectivity index (χ4v) is 4.22. The summed E-state index contributed by atoms with van der Waals surface area (Å²) in [5.41, 5.74) is 6.71. The van der Waals surface area contributed by atoms with E-state index in [9.17, 15) is 14.4 Å². The van der Waals surface area contributed by atoms with Gasteiger partial charge < -0.3 is 29.4 Å². The molecule has 4 rings (SSSR count). The Hall–Kier alpha value is -3.60. The summed E-state index contributed by atoms with van der Waals surface area (Å²) in [6, 6.07) is 5.61. The minimum Gasteiger partial charge on any atom is -0.493 e. The third kappa shape index (κ3) is 4.98. The summed E-state index contributed by atoms with van der Waals surface area (Å²) in [5, 5.41) is 6.27. The number of hydrogen-bond donors (Lipinski definition) is 2. The summed E-state index contributed by atoms with van der Waals surface area (Å²) in [6.45, 7) is 3.16.